The van der Waals surface area contributed by atoms with Crippen LogP contribution in [0.5, 0.6) is 0 Å². The number of carbonyl (C=O) groups excluding carboxylic acids is 2. The number of carboxylic acids is 2. The minimum atomic E-state index is -1.12. The molecule has 0 bridgehead atoms. The van der Waals surface area contributed by atoms with Gasteiger partial charge < -0.3 is 20.8 Å². The van der Waals surface area contributed by atoms with Gasteiger partial charge in [-0.2, -0.15) is 0 Å². The molecule has 236 valence electrons. The van der Waals surface area contributed by atoms with Gasteiger partial charge in [-0.1, -0.05) is 109 Å². The van der Waals surface area contributed by atoms with Crippen molar-refractivity contribution in [2.24, 2.45) is 0 Å². The third kappa shape index (κ3) is 8.26. The first-order chi connectivity index (χ1) is 23.3. The van der Waals surface area contributed by atoms with Crippen LogP contribution in [0.2, 0.25) is 0 Å². The molecule has 6 aromatic rings. The molecule has 0 fully saturated rings. The highest BCUT2D eigenvalue weighted by molar-refractivity contribution is 6.11. The van der Waals surface area contributed by atoms with E-state index in [0.717, 1.165) is 22.3 Å². The fraction of sp³-hybridized carbons (Fsp3) is 0. The van der Waals surface area contributed by atoms with E-state index in [1.807, 2.05) is 84.9 Å². The van der Waals surface area contributed by atoms with Crippen LogP contribution < -0.4 is 10.6 Å². The number of amides is 2. The van der Waals surface area contributed by atoms with Crippen LogP contribution in [0.4, 0.5) is 11.4 Å². The Morgan fingerprint density at radius 1 is 0.333 bits per heavy atom. The Hall–Kier alpha value is -6.80. The summed E-state index contributed by atoms with van der Waals surface area (Å²) in [5.41, 5.74) is 5.72. The Kier molecular flexibility index (Phi) is 10.5. The number of hydrogen-bond acceptors (Lipinski definition) is 4. The monoisotopic (exact) mass is 634 g/mol. The molecular formula is C40H30N2O6. The van der Waals surface area contributed by atoms with E-state index in [1.165, 1.54) is 24.3 Å². The van der Waals surface area contributed by atoms with Gasteiger partial charge >= 0.3 is 11.9 Å². The molecule has 0 atom stereocenters. The highest BCUT2D eigenvalue weighted by Gasteiger charge is 2.17. The lowest BCUT2D eigenvalue weighted by atomic mass is 10.0. The molecule has 0 aliphatic carbocycles. The normalized spacial score (nSPS) is 10.2. The summed E-state index contributed by atoms with van der Waals surface area (Å²) in [4.78, 5) is 47.0. The van der Waals surface area contributed by atoms with Gasteiger partial charge in [-0.05, 0) is 70.8 Å². The third-order valence-electron chi connectivity index (χ3n) is 7.30. The van der Waals surface area contributed by atoms with E-state index < -0.39 is 23.8 Å². The van der Waals surface area contributed by atoms with Crippen molar-refractivity contribution in [3.63, 3.8) is 0 Å². The van der Waals surface area contributed by atoms with Gasteiger partial charge in [0, 0.05) is 11.4 Å². The molecule has 0 aliphatic heterocycles. The molecule has 6 rings (SSSR count). The predicted molar refractivity (Wildman–Crippen MR) is 186 cm³/mol. The number of benzene rings is 6. The summed E-state index contributed by atoms with van der Waals surface area (Å²) in [6, 6.07) is 46.9. The molecule has 8 nitrogen and oxygen atoms in total. The van der Waals surface area contributed by atoms with Crippen LogP contribution in [0.25, 0.3) is 22.3 Å². The van der Waals surface area contributed by atoms with Crippen molar-refractivity contribution in [1.29, 1.82) is 0 Å². The average Bonchev–Trinajstić information content (AvgIpc) is 3.13. The van der Waals surface area contributed by atoms with Crippen molar-refractivity contribution in [2.45, 2.75) is 0 Å². The van der Waals surface area contributed by atoms with Gasteiger partial charge in [-0.15, -0.1) is 0 Å². The highest BCUT2D eigenvalue weighted by atomic mass is 16.4. The first kappa shape index (κ1) is 32.6. The topological polar surface area (TPSA) is 133 Å². The first-order valence-electron chi connectivity index (χ1n) is 14.9. The predicted octanol–water partition coefficient (Wildman–Crippen LogP) is 8.61. The second-order valence-corrected chi connectivity index (χ2v) is 10.5. The maximum Gasteiger partial charge on any atom is 0.336 e. The van der Waals surface area contributed by atoms with Crippen LogP contribution >= 0.6 is 0 Å². The Labute approximate surface area is 277 Å². The van der Waals surface area contributed by atoms with Crippen molar-refractivity contribution < 1.29 is 29.4 Å². The van der Waals surface area contributed by atoms with Crippen molar-refractivity contribution >= 4 is 35.1 Å². The standard InChI is InChI=1S/2C20H15NO3/c2*22-19(17-8-4-5-9-18(17)20(23)24)21-16-12-10-15(11-13-16)14-6-2-1-3-7-14/h2*1-13H,(H,21,22)(H,23,24). The molecule has 0 saturated carbocycles. The second kappa shape index (κ2) is 15.5. The number of anilines is 2. The molecule has 0 saturated heterocycles. The molecular weight excluding hydrogens is 604 g/mol. The van der Waals surface area contributed by atoms with Crippen molar-refractivity contribution in [1.82, 2.24) is 0 Å². The van der Waals surface area contributed by atoms with E-state index in [9.17, 15) is 19.2 Å². The summed E-state index contributed by atoms with van der Waals surface area (Å²) in [5, 5.41) is 23.8. The largest absolute Gasteiger partial charge is 0.478 e. The van der Waals surface area contributed by atoms with E-state index in [-0.39, 0.29) is 22.3 Å². The lowest BCUT2D eigenvalue weighted by Gasteiger charge is -2.09. The Morgan fingerprint density at radius 2 is 0.604 bits per heavy atom. The smallest absolute Gasteiger partial charge is 0.336 e. The molecule has 2 amide bonds. The van der Waals surface area contributed by atoms with E-state index in [0.29, 0.717) is 11.4 Å². The van der Waals surface area contributed by atoms with Crippen molar-refractivity contribution in [3.8, 4) is 22.3 Å². The van der Waals surface area contributed by atoms with E-state index in [1.54, 1.807) is 48.5 Å². The minimum Gasteiger partial charge on any atom is -0.478 e. The quantitative estimate of drug-likeness (QED) is 0.133. The first-order valence-corrected chi connectivity index (χ1v) is 14.9. The second-order valence-electron chi connectivity index (χ2n) is 10.5. The molecule has 0 radical (unpaired) electrons. The minimum absolute atomic E-state index is 0.0177. The van der Waals surface area contributed by atoms with Crippen LogP contribution in [0.15, 0.2) is 158 Å². The fourth-order valence-corrected chi connectivity index (χ4v) is 4.89. The summed E-state index contributed by atoms with van der Waals surface area (Å²) in [6.45, 7) is 0. The molecule has 0 heterocycles. The van der Waals surface area contributed by atoms with Gasteiger partial charge in [-0.3, -0.25) is 9.59 Å². The zero-order chi connectivity index (χ0) is 33.9. The average molecular weight is 635 g/mol. The zero-order valence-electron chi connectivity index (χ0n) is 25.5. The van der Waals surface area contributed by atoms with Crippen LogP contribution in [0.1, 0.15) is 41.4 Å². The van der Waals surface area contributed by atoms with Crippen LogP contribution in [0, 0.1) is 0 Å². The molecule has 0 aliphatic rings. The number of carbonyl (C=O) groups is 4. The number of nitrogens with one attached hydrogen (secondary N) is 2. The van der Waals surface area contributed by atoms with E-state index in [4.69, 9.17) is 10.2 Å². The molecule has 0 aromatic heterocycles. The molecule has 4 N–H and O–H groups in total. The number of aromatic carboxylic acids is 2. The van der Waals surface area contributed by atoms with Gasteiger partial charge in [0.2, 0.25) is 0 Å². The summed E-state index contributed by atoms with van der Waals surface area (Å²) >= 11 is 0. The van der Waals surface area contributed by atoms with E-state index >= 15 is 0 Å². The SMILES string of the molecule is O=C(O)c1ccccc1C(=O)Nc1ccc(-c2ccccc2)cc1.O=C(O)c1ccccc1C(=O)Nc1ccc(-c2ccccc2)cc1. The van der Waals surface area contributed by atoms with Gasteiger partial charge in [0.05, 0.1) is 22.3 Å². The lowest BCUT2D eigenvalue weighted by molar-refractivity contribution is 0.0683. The number of carboxylic acid groups (broad SMARTS) is 2. The maximum absolute atomic E-state index is 12.3. The van der Waals surface area contributed by atoms with Gasteiger partial charge in [-0.25, -0.2) is 9.59 Å². The Balaban J connectivity index is 0.000000188. The number of rotatable bonds is 8. The van der Waals surface area contributed by atoms with Gasteiger partial charge in [0.15, 0.2) is 0 Å². The highest BCUT2D eigenvalue weighted by Crippen LogP contribution is 2.23. The fourth-order valence-electron chi connectivity index (χ4n) is 4.89. The molecule has 48 heavy (non-hydrogen) atoms. The van der Waals surface area contributed by atoms with Crippen molar-refractivity contribution in [3.05, 3.63) is 180 Å². The summed E-state index contributed by atoms with van der Waals surface area (Å²) in [7, 11) is 0. The Morgan fingerprint density at radius 3 is 0.917 bits per heavy atom. The van der Waals surface area contributed by atoms with Crippen LogP contribution in [-0.4, -0.2) is 34.0 Å². The van der Waals surface area contributed by atoms with Gasteiger partial charge in [0.1, 0.15) is 0 Å². The maximum atomic E-state index is 12.3. The molecule has 0 unspecified atom stereocenters. The summed E-state index contributed by atoms with van der Waals surface area (Å²) in [6.07, 6.45) is 0. The van der Waals surface area contributed by atoms with E-state index in [2.05, 4.69) is 10.6 Å². The molecule has 6 aromatic carbocycles. The molecule has 8 heteroatoms. The zero-order valence-corrected chi connectivity index (χ0v) is 25.5. The Bertz CT molecular complexity index is 1890. The third-order valence-corrected chi connectivity index (χ3v) is 7.30. The summed E-state index contributed by atoms with van der Waals surface area (Å²) in [5.74, 6) is -3.14. The van der Waals surface area contributed by atoms with Crippen LogP contribution in [-0.2, 0) is 0 Å². The lowest BCUT2D eigenvalue weighted by Crippen LogP contribution is -2.16. The summed E-state index contributed by atoms with van der Waals surface area (Å²) < 4.78 is 0. The van der Waals surface area contributed by atoms with Gasteiger partial charge in [0.25, 0.3) is 11.8 Å². The number of hydrogen-bond donors (Lipinski definition) is 4. The van der Waals surface area contributed by atoms with Crippen molar-refractivity contribution in [2.75, 3.05) is 10.6 Å². The molecule has 0 spiro atoms. The van der Waals surface area contributed by atoms with Crippen LogP contribution in [0.3, 0.4) is 0 Å².